The monoisotopic (exact) mass is 264 g/mol. The molecule has 2 rings (SSSR count). The molecule has 4 nitrogen and oxygen atoms in total. The van der Waals surface area contributed by atoms with Gasteiger partial charge in [-0.1, -0.05) is 12.1 Å². The summed E-state index contributed by atoms with van der Waals surface area (Å²) < 4.78 is 10.1. The quantitative estimate of drug-likeness (QED) is 0.828. The SMILES string of the molecule is COC(=O)[C@H](c1ccc(OC)cc1)[C@@H]1CCCC[NH2+]1. The lowest BCUT2D eigenvalue weighted by atomic mass is 9.86. The molecule has 1 aromatic carbocycles. The molecular weight excluding hydrogens is 242 g/mol. The Labute approximate surface area is 114 Å². The molecule has 1 heterocycles. The molecule has 2 atom stereocenters. The molecule has 19 heavy (non-hydrogen) atoms. The number of rotatable bonds is 4. The number of esters is 1. The second-order valence-electron chi connectivity index (χ2n) is 4.96. The molecule has 4 heteroatoms. The van der Waals surface area contributed by atoms with E-state index in [-0.39, 0.29) is 17.9 Å². The van der Waals surface area contributed by atoms with Crippen LogP contribution in [0.1, 0.15) is 30.7 Å². The molecule has 0 bridgehead atoms. The van der Waals surface area contributed by atoms with Crippen molar-refractivity contribution in [3.05, 3.63) is 29.8 Å². The van der Waals surface area contributed by atoms with E-state index in [1.165, 1.54) is 20.0 Å². The van der Waals surface area contributed by atoms with Crippen LogP contribution in [0.15, 0.2) is 24.3 Å². The van der Waals surface area contributed by atoms with Crippen LogP contribution in [-0.4, -0.2) is 32.8 Å². The average Bonchev–Trinajstić information content (AvgIpc) is 2.49. The maximum Gasteiger partial charge on any atom is 0.319 e. The van der Waals surface area contributed by atoms with Crippen LogP contribution in [0.5, 0.6) is 5.75 Å². The Bertz CT molecular complexity index is 410. The molecule has 0 radical (unpaired) electrons. The van der Waals surface area contributed by atoms with Crippen molar-refractivity contribution in [2.45, 2.75) is 31.2 Å². The van der Waals surface area contributed by atoms with E-state index in [1.54, 1.807) is 7.11 Å². The number of hydrogen-bond donors (Lipinski definition) is 1. The third-order valence-electron chi connectivity index (χ3n) is 3.82. The Morgan fingerprint density at radius 1 is 1.26 bits per heavy atom. The van der Waals surface area contributed by atoms with Gasteiger partial charge in [-0.05, 0) is 30.5 Å². The predicted molar refractivity (Wildman–Crippen MR) is 72.2 cm³/mol. The number of ether oxygens (including phenoxy) is 2. The molecule has 0 amide bonds. The minimum absolute atomic E-state index is 0.145. The summed E-state index contributed by atoms with van der Waals surface area (Å²) in [5.41, 5.74) is 1.01. The lowest BCUT2D eigenvalue weighted by Gasteiger charge is -2.27. The van der Waals surface area contributed by atoms with Crippen molar-refractivity contribution >= 4 is 5.97 Å². The fourth-order valence-corrected chi connectivity index (χ4v) is 2.77. The Hall–Kier alpha value is -1.55. The molecule has 104 valence electrons. The minimum Gasteiger partial charge on any atom is -0.497 e. The van der Waals surface area contributed by atoms with Gasteiger partial charge in [-0.3, -0.25) is 4.79 Å². The van der Waals surface area contributed by atoms with Crippen LogP contribution in [0.3, 0.4) is 0 Å². The van der Waals surface area contributed by atoms with Gasteiger partial charge in [-0.15, -0.1) is 0 Å². The van der Waals surface area contributed by atoms with Gasteiger partial charge in [-0.2, -0.15) is 0 Å². The molecule has 0 saturated carbocycles. The van der Waals surface area contributed by atoms with Gasteiger partial charge >= 0.3 is 5.97 Å². The van der Waals surface area contributed by atoms with Crippen molar-refractivity contribution in [3.63, 3.8) is 0 Å². The van der Waals surface area contributed by atoms with Crippen molar-refractivity contribution in [1.82, 2.24) is 0 Å². The number of quaternary nitrogens is 1. The van der Waals surface area contributed by atoms with Crippen molar-refractivity contribution in [2.24, 2.45) is 0 Å². The van der Waals surface area contributed by atoms with Gasteiger partial charge in [0.1, 0.15) is 17.7 Å². The molecule has 1 saturated heterocycles. The summed E-state index contributed by atoms with van der Waals surface area (Å²) in [5.74, 6) is 0.476. The summed E-state index contributed by atoms with van der Waals surface area (Å²) in [4.78, 5) is 12.1. The Morgan fingerprint density at radius 3 is 2.53 bits per heavy atom. The van der Waals surface area contributed by atoms with E-state index < -0.39 is 0 Å². The van der Waals surface area contributed by atoms with Crippen molar-refractivity contribution < 1.29 is 19.6 Å². The van der Waals surface area contributed by atoms with E-state index in [9.17, 15) is 4.79 Å². The maximum atomic E-state index is 12.1. The first kappa shape index (κ1) is 13.9. The number of nitrogens with two attached hydrogens (primary N) is 1. The first-order chi connectivity index (χ1) is 9.26. The molecule has 0 spiro atoms. The Balaban J connectivity index is 2.22. The lowest BCUT2D eigenvalue weighted by molar-refractivity contribution is -0.698. The molecule has 1 aromatic rings. The first-order valence-corrected chi connectivity index (χ1v) is 6.81. The zero-order chi connectivity index (χ0) is 13.7. The molecule has 2 N–H and O–H groups in total. The van der Waals surface area contributed by atoms with Crippen molar-refractivity contribution in [3.8, 4) is 5.75 Å². The fourth-order valence-electron chi connectivity index (χ4n) is 2.77. The lowest BCUT2D eigenvalue weighted by Crippen LogP contribution is -2.92. The summed E-state index contributed by atoms with van der Waals surface area (Å²) in [5, 5.41) is 2.27. The van der Waals surface area contributed by atoms with Gasteiger partial charge in [0.15, 0.2) is 0 Å². The molecular formula is C15H22NO3+. The topological polar surface area (TPSA) is 52.1 Å². The number of hydrogen-bond acceptors (Lipinski definition) is 3. The van der Waals surface area contributed by atoms with E-state index in [0.717, 1.165) is 24.3 Å². The summed E-state index contributed by atoms with van der Waals surface area (Å²) in [6.07, 6.45) is 3.48. The zero-order valence-electron chi connectivity index (χ0n) is 11.6. The zero-order valence-corrected chi connectivity index (χ0v) is 11.6. The predicted octanol–water partition coefficient (Wildman–Crippen LogP) is 1.07. The van der Waals surface area contributed by atoms with Gasteiger partial charge in [0.05, 0.1) is 20.8 Å². The average molecular weight is 264 g/mol. The first-order valence-electron chi connectivity index (χ1n) is 6.81. The van der Waals surface area contributed by atoms with Crippen LogP contribution < -0.4 is 10.1 Å². The van der Waals surface area contributed by atoms with Gasteiger partial charge in [0, 0.05) is 6.42 Å². The molecule has 0 aromatic heterocycles. The second-order valence-corrected chi connectivity index (χ2v) is 4.96. The molecule has 1 aliphatic rings. The van der Waals surface area contributed by atoms with E-state index in [2.05, 4.69) is 5.32 Å². The van der Waals surface area contributed by atoms with Gasteiger partial charge in [0.25, 0.3) is 0 Å². The number of carbonyl (C=O) groups excluding carboxylic acids is 1. The summed E-state index contributed by atoms with van der Waals surface area (Å²) in [6, 6.07) is 8.00. The van der Waals surface area contributed by atoms with Crippen LogP contribution in [0.4, 0.5) is 0 Å². The van der Waals surface area contributed by atoms with E-state index in [1.807, 2.05) is 24.3 Å². The molecule has 0 aliphatic carbocycles. The van der Waals surface area contributed by atoms with Gasteiger partial charge < -0.3 is 14.8 Å². The largest absolute Gasteiger partial charge is 0.497 e. The minimum atomic E-state index is -0.184. The maximum absolute atomic E-state index is 12.1. The number of benzene rings is 1. The second kappa shape index (κ2) is 6.57. The molecule has 0 unspecified atom stereocenters. The Morgan fingerprint density at radius 2 is 2.00 bits per heavy atom. The van der Waals surface area contributed by atoms with Crippen LogP contribution in [0.2, 0.25) is 0 Å². The highest BCUT2D eigenvalue weighted by Gasteiger charge is 2.34. The normalized spacial score (nSPS) is 20.6. The standard InChI is InChI=1S/C15H21NO3/c1-18-12-8-6-11(7-9-12)14(15(17)19-2)13-5-3-4-10-16-13/h6-9,13-14,16H,3-5,10H2,1-2H3/p+1/t13-,14+/m0/s1. The smallest absolute Gasteiger partial charge is 0.319 e. The van der Waals surface area contributed by atoms with Crippen molar-refractivity contribution in [2.75, 3.05) is 20.8 Å². The molecule has 1 aliphatic heterocycles. The highest BCUT2D eigenvalue weighted by molar-refractivity contribution is 5.78. The highest BCUT2D eigenvalue weighted by atomic mass is 16.5. The van der Waals surface area contributed by atoms with Gasteiger partial charge in [-0.25, -0.2) is 0 Å². The number of methoxy groups -OCH3 is 2. The van der Waals surface area contributed by atoms with E-state index >= 15 is 0 Å². The number of piperidine rings is 1. The van der Waals surface area contributed by atoms with Crippen LogP contribution in [0.25, 0.3) is 0 Å². The van der Waals surface area contributed by atoms with Crippen LogP contribution >= 0.6 is 0 Å². The van der Waals surface area contributed by atoms with E-state index in [0.29, 0.717) is 0 Å². The summed E-state index contributed by atoms with van der Waals surface area (Å²) in [6.45, 7) is 1.09. The third kappa shape index (κ3) is 3.26. The molecule has 1 fully saturated rings. The summed E-state index contributed by atoms with van der Waals surface area (Å²) >= 11 is 0. The summed E-state index contributed by atoms with van der Waals surface area (Å²) in [7, 11) is 3.10. The van der Waals surface area contributed by atoms with E-state index in [4.69, 9.17) is 9.47 Å². The van der Waals surface area contributed by atoms with Crippen molar-refractivity contribution in [1.29, 1.82) is 0 Å². The van der Waals surface area contributed by atoms with Crippen LogP contribution in [-0.2, 0) is 9.53 Å². The van der Waals surface area contributed by atoms with Crippen LogP contribution in [0, 0.1) is 0 Å². The highest BCUT2D eigenvalue weighted by Crippen LogP contribution is 2.25. The third-order valence-corrected chi connectivity index (χ3v) is 3.82. The van der Waals surface area contributed by atoms with Gasteiger partial charge in [0.2, 0.25) is 0 Å². The number of carbonyl (C=O) groups is 1. The Kier molecular flexibility index (Phi) is 4.80. The fraction of sp³-hybridized carbons (Fsp3) is 0.533.